The first-order valence-corrected chi connectivity index (χ1v) is 4.01. The van der Waals surface area contributed by atoms with Crippen LogP contribution in [-0.2, 0) is 25.1 Å². The molecule has 2 unspecified atom stereocenters. The predicted octanol–water partition coefficient (Wildman–Crippen LogP) is -0.256. The third-order valence-corrected chi connectivity index (χ3v) is 1.21. The van der Waals surface area contributed by atoms with E-state index in [1.165, 1.54) is 0 Å². The lowest BCUT2D eigenvalue weighted by atomic mass is 10.5. The highest BCUT2D eigenvalue weighted by Gasteiger charge is 1.98. The smallest absolute Gasteiger partial charge is 0.301 e. The first-order chi connectivity index (χ1) is 5.16. The molecule has 5 nitrogen and oxygen atoms in total. The number of aldehydes is 1. The van der Waals surface area contributed by atoms with Gasteiger partial charge < -0.3 is 9.53 Å². The van der Waals surface area contributed by atoms with Gasteiger partial charge >= 0.3 is 11.4 Å². The van der Waals surface area contributed by atoms with Gasteiger partial charge in [0.2, 0.25) is 0 Å². The molecular weight excluding hydrogens is 172 g/mol. The predicted molar refractivity (Wildman–Crippen MR) is 38.2 cm³/mol. The first-order valence-electron chi connectivity index (χ1n) is 2.98. The summed E-state index contributed by atoms with van der Waals surface area (Å²) in [4.78, 5) is 9.96. The zero-order valence-corrected chi connectivity index (χ0v) is 6.87. The average molecular weight is 182 g/mol. The Labute approximate surface area is 67.2 Å². The summed E-state index contributed by atoms with van der Waals surface area (Å²) in [6.45, 7) is 1.70. The summed E-state index contributed by atoms with van der Waals surface area (Å²) in [5.41, 5.74) is 0. The Bertz CT molecular complexity index is 137. The topological polar surface area (TPSA) is 72.8 Å². The van der Waals surface area contributed by atoms with Crippen molar-refractivity contribution in [3.05, 3.63) is 0 Å². The Morgan fingerprint density at radius 3 is 2.73 bits per heavy atom. The van der Waals surface area contributed by atoms with Crippen molar-refractivity contribution in [3.8, 4) is 0 Å². The Kier molecular flexibility index (Phi) is 6.24. The molecule has 0 aliphatic heterocycles. The van der Waals surface area contributed by atoms with Crippen LogP contribution in [0.3, 0.4) is 0 Å². The number of hydrogen-bond donors (Lipinski definition) is 1. The number of carbonyl (C=O) groups is 1. The van der Waals surface area contributed by atoms with Crippen molar-refractivity contribution in [2.24, 2.45) is 0 Å². The Morgan fingerprint density at radius 2 is 2.27 bits per heavy atom. The third kappa shape index (κ3) is 7.60. The Hall–Kier alpha value is -0.300. The van der Waals surface area contributed by atoms with E-state index in [1.807, 2.05) is 0 Å². The van der Waals surface area contributed by atoms with Gasteiger partial charge in [0, 0.05) is 0 Å². The number of ether oxygens (including phenoxy) is 1. The van der Waals surface area contributed by atoms with Crippen molar-refractivity contribution in [2.45, 2.75) is 13.0 Å². The van der Waals surface area contributed by atoms with Gasteiger partial charge in [-0.25, -0.2) is 0 Å². The molecule has 0 bridgehead atoms. The standard InChI is InChI=1S/C5H10O5S/c1-5(4-6)9-2-3-10-11(7)8/h4-5H,2-3H2,1H3,(H,7,8). The highest BCUT2D eigenvalue weighted by atomic mass is 32.2. The lowest BCUT2D eigenvalue weighted by molar-refractivity contribution is -0.117. The molecule has 0 spiro atoms. The fourth-order valence-corrected chi connectivity index (χ4v) is 0.589. The van der Waals surface area contributed by atoms with Gasteiger partial charge in [0.05, 0.1) is 13.2 Å². The van der Waals surface area contributed by atoms with E-state index >= 15 is 0 Å². The van der Waals surface area contributed by atoms with E-state index in [9.17, 15) is 9.00 Å². The molecule has 0 aromatic heterocycles. The van der Waals surface area contributed by atoms with Crippen LogP contribution < -0.4 is 0 Å². The van der Waals surface area contributed by atoms with Gasteiger partial charge in [-0.3, -0.25) is 8.74 Å². The van der Waals surface area contributed by atoms with E-state index in [2.05, 4.69) is 4.18 Å². The molecule has 0 aromatic carbocycles. The lowest BCUT2D eigenvalue weighted by Crippen LogP contribution is -2.14. The summed E-state index contributed by atoms with van der Waals surface area (Å²) in [6, 6.07) is 0. The molecule has 0 aromatic rings. The van der Waals surface area contributed by atoms with Gasteiger partial charge in [-0.1, -0.05) is 0 Å². The van der Waals surface area contributed by atoms with E-state index in [-0.39, 0.29) is 13.2 Å². The second kappa shape index (κ2) is 6.41. The highest BCUT2D eigenvalue weighted by molar-refractivity contribution is 7.74. The summed E-state index contributed by atoms with van der Waals surface area (Å²) in [7, 11) is 0. The van der Waals surface area contributed by atoms with Crippen molar-refractivity contribution in [3.63, 3.8) is 0 Å². The molecular formula is C5H10O5S. The number of rotatable bonds is 6. The summed E-state index contributed by atoms with van der Waals surface area (Å²) in [5.74, 6) is 0. The summed E-state index contributed by atoms with van der Waals surface area (Å²) in [6.07, 6.45) is 0.140. The summed E-state index contributed by atoms with van der Waals surface area (Å²) in [5, 5.41) is 0. The second-order valence-corrected chi connectivity index (χ2v) is 2.42. The highest BCUT2D eigenvalue weighted by Crippen LogP contribution is 1.86. The fraction of sp³-hybridized carbons (Fsp3) is 0.800. The van der Waals surface area contributed by atoms with Crippen molar-refractivity contribution >= 4 is 17.6 Å². The zero-order valence-electron chi connectivity index (χ0n) is 6.06. The second-order valence-electron chi connectivity index (χ2n) is 1.75. The molecule has 0 rings (SSSR count). The van der Waals surface area contributed by atoms with Crippen LogP contribution in [-0.4, -0.2) is 34.4 Å². The number of hydrogen-bond acceptors (Lipinski definition) is 4. The van der Waals surface area contributed by atoms with Crippen LogP contribution in [0.25, 0.3) is 0 Å². The van der Waals surface area contributed by atoms with Gasteiger partial charge in [-0.2, -0.15) is 4.21 Å². The van der Waals surface area contributed by atoms with E-state index in [1.54, 1.807) is 6.92 Å². The molecule has 2 atom stereocenters. The lowest BCUT2D eigenvalue weighted by Gasteiger charge is -2.04. The normalized spacial score (nSPS) is 15.8. The van der Waals surface area contributed by atoms with Crippen LogP contribution in [0.1, 0.15) is 6.92 Å². The van der Waals surface area contributed by atoms with E-state index in [0.717, 1.165) is 0 Å². The van der Waals surface area contributed by atoms with Crippen LogP contribution in [0.4, 0.5) is 0 Å². The Balaban J connectivity index is 3.14. The van der Waals surface area contributed by atoms with Crippen molar-refractivity contribution < 1.29 is 22.5 Å². The van der Waals surface area contributed by atoms with Crippen molar-refractivity contribution in [2.75, 3.05) is 13.2 Å². The summed E-state index contributed by atoms with van der Waals surface area (Å²) < 4.78 is 27.0. The van der Waals surface area contributed by atoms with Crippen LogP contribution >= 0.6 is 0 Å². The Morgan fingerprint density at radius 1 is 1.64 bits per heavy atom. The number of carbonyl (C=O) groups excluding carboxylic acids is 1. The van der Waals surface area contributed by atoms with Crippen LogP contribution in [0, 0.1) is 0 Å². The van der Waals surface area contributed by atoms with E-state index in [0.29, 0.717) is 6.29 Å². The SMILES string of the molecule is CC(C=O)OCCOS(=O)O. The quantitative estimate of drug-likeness (QED) is 0.348. The van der Waals surface area contributed by atoms with Gasteiger partial charge in [0.25, 0.3) is 0 Å². The third-order valence-electron chi connectivity index (χ3n) is 0.840. The molecule has 0 heterocycles. The molecule has 66 valence electrons. The average Bonchev–Trinajstić information content (AvgIpc) is 1.97. The van der Waals surface area contributed by atoms with Crippen LogP contribution in [0.5, 0.6) is 0 Å². The van der Waals surface area contributed by atoms with E-state index in [4.69, 9.17) is 9.29 Å². The van der Waals surface area contributed by atoms with E-state index < -0.39 is 17.5 Å². The van der Waals surface area contributed by atoms with Gasteiger partial charge in [0.1, 0.15) is 12.4 Å². The van der Waals surface area contributed by atoms with Crippen LogP contribution in [0.2, 0.25) is 0 Å². The molecule has 0 amide bonds. The molecule has 6 heteroatoms. The fourth-order valence-electron chi connectivity index (χ4n) is 0.379. The molecule has 0 saturated heterocycles. The molecule has 0 radical (unpaired) electrons. The van der Waals surface area contributed by atoms with Gasteiger partial charge in [0.15, 0.2) is 0 Å². The maximum Gasteiger partial charge on any atom is 0.301 e. The molecule has 0 aliphatic carbocycles. The van der Waals surface area contributed by atoms with Gasteiger partial charge in [-0.15, -0.1) is 0 Å². The maximum absolute atomic E-state index is 9.96. The maximum atomic E-state index is 9.96. The minimum absolute atomic E-state index is 0.00128. The molecule has 1 N–H and O–H groups in total. The molecule has 0 saturated carbocycles. The van der Waals surface area contributed by atoms with Crippen molar-refractivity contribution in [1.82, 2.24) is 0 Å². The van der Waals surface area contributed by atoms with Crippen molar-refractivity contribution in [1.29, 1.82) is 0 Å². The van der Waals surface area contributed by atoms with Crippen LogP contribution in [0.15, 0.2) is 0 Å². The molecule has 0 aliphatic rings. The molecule has 11 heavy (non-hydrogen) atoms. The largest absolute Gasteiger partial charge is 0.369 e. The first kappa shape index (κ1) is 10.7. The summed E-state index contributed by atoms with van der Waals surface area (Å²) >= 11 is -2.25. The monoisotopic (exact) mass is 182 g/mol. The minimum atomic E-state index is -2.25. The van der Waals surface area contributed by atoms with Gasteiger partial charge in [-0.05, 0) is 6.92 Å². The molecule has 0 fully saturated rings. The zero-order chi connectivity index (χ0) is 8.69. The minimum Gasteiger partial charge on any atom is -0.369 e.